The highest BCUT2D eigenvalue weighted by atomic mass is 16.6. The number of nitrogens with one attached hydrogen (secondary N) is 2. The Morgan fingerprint density at radius 3 is 2.86 bits per heavy atom. The fraction of sp³-hybridized carbons (Fsp3) is 0.500. The monoisotopic (exact) mass is 293 g/mol. The molecule has 7 heteroatoms. The maximum atomic E-state index is 12.1. The Balaban J connectivity index is 2.08. The quantitative estimate of drug-likeness (QED) is 0.639. The SMILES string of the molecule is CNc1ccc(C(=O)NCC2(C)CCCO2)cc1[N+](=O)[O-]. The molecule has 21 heavy (non-hydrogen) atoms. The van der Waals surface area contributed by atoms with Crippen molar-refractivity contribution < 1.29 is 14.5 Å². The molecular weight excluding hydrogens is 274 g/mol. The summed E-state index contributed by atoms with van der Waals surface area (Å²) in [6.45, 7) is 3.05. The van der Waals surface area contributed by atoms with E-state index < -0.39 is 4.92 Å². The number of carbonyl (C=O) groups excluding carboxylic acids is 1. The first-order chi connectivity index (χ1) is 9.95. The number of amides is 1. The zero-order valence-electron chi connectivity index (χ0n) is 12.1. The molecule has 0 saturated carbocycles. The summed E-state index contributed by atoms with van der Waals surface area (Å²) < 4.78 is 5.59. The van der Waals surface area contributed by atoms with E-state index in [-0.39, 0.29) is 22.8 Å². The molecule has 1 amide bonds. The molecule has 1 unspecified atom stereocenters. The Morgan fingerprint density at radius 1 is 1.52 bits per heavy atom. The van der Waals surface area contributed by atoms with E-state index in [9.17, 15) is 14.9 Å². The average Bonchev–Trinajstić information content (AvgIpc) is 2.91. The third kappa shape index (κ3) is 3.49. The first-order valence-electron chi connectivity index (χ1n) is 6.83. The molecule has 1 aromatic carbocycles. The lowest BCUT2D eigenvalue weighted by atomic mass is 10.0. The molecule has 1 saturated heterocycles. The van der Waals surface area contributed by atoms with Gasteiger partial charge in [0.15, 0.2) is 0 Å². The van der Waals surface area contributed by atoms with E-state index >= 15 is 0 Å². The summed E-state index contributed by atoms with van der Waals surface area (Å²) in [7, 11) is 1.60. The summed E-state index contributed by atoms with van der Waals surface area (Å²) in [5.41, 5.74) is 0.186. The lowest BCUT2D eigenvalue weighted by Crippen LogP contribution is -2.40. The van der Waals surface area contributed by atoms with Gasteiger partial charge in [0.05, 0.1) is 10.5 Å². The predicted molar refractivity (Wildman–Crippen MR) is 78.6 cm³/mol. The van der Waals surface area contributed by atoms with Crippen molar-refractivity contribution in [3.8, 4) is 0 Å². The Morgan fingerprint density at radius 2 is 2.29 bits per heavy atom. The van der Waals surface area contributed by atoms with Gasteiger partial charge >= 0.3 is 0 Å². The number of nitro benzene ring substituents is 1. The number of benzene rings is 1. The van der Waals surface area contributed by atoms with Crippen LogP contribution in [0.2, 0.25) is 0 Å². The van der Waals surface area contributed by atoms with Gasteiger partial charge in [-0.25, -0.2) is 0 Å². The van der Waals surface area contributed by atoms with E-state index in [1.807, 2.05) is 6.92 Å². The van der Waals surface area contributed by atoms with Crippen molar-refractivity contribution in [1.29, 1.82) is 0 Å². The van der Waals surface area contributed by atoms with Crippen LogP contribution in [0.25, 0.3) is 0 Å². The molecule has 1 fully saturated rings. The molecule has 0 bridgehead atoms. The molecule has 0 radical (unpaired) electrons. The molecule has 1 aromatic rings. The molecule has 1 aliphatic heterocycles. The normalized spacial score (nSPS) is 21.0. The van der Waals surface area contributed by atoms with Crippen molar-refractivity contribution >= 4 is 17.3 Å². The van der Waals surface area contributed by atoms with Crippen LogP contribution in [-0.4, -0.2) is 36.6 Å². The highest BCUT2D eigenvalue weighted by Crippen LogP contribution is 2.26. The van der Waals surface area contributed by atoms with Gasteiger partial charge in [0.2, 0.25) is 0 Å². The summed E-state index contributed by atoms with van der Waals surface area (Å²) in [5, 5.41) is 16.5. The lowest BCUT2D eigenvalue weighted by molar-refractivity contribution is -0.384. The fourth-order valence-electron chi connectivity index (χ4n) is 2.38. The molecule has 1 heterocycles. The first-order valence-corrected chi connectivity index (χ1v) is 6.83. The van der Waals surface area contributed by atoms with Crippen LogP contribution in [-0.2, 0) is 4.74 Å². The van der Waals surface area contributed by atoms with Crippen LogP contribution in [0, 0.1) is 10.1 Å². The second-order valence-corrected chi connectivity index (χ2v) is 5.32. The Kier molecular flexibility index (Phi) is 4.42. The molecular formula is C14H19N3O4. The number of ether oxygens (including phenoxy) is 1. The number of hydrogen-bond donors (Lipinski definition) is 2. The maximum Gasteiger partial charge on any atom is 0.293 e. The van der Waals surface area contributed by atoms with Crippen LogP contribution < -0.4 is 10.6 Å². The van der Waals surface area contributed by atoms with Crippen LogP contribution in [0.5, 0.6) is 0 Å². The minimum Gasteiger partial charge on any atom is -0.383 e. The van der Waals surface area contributed by atoms with E-state index in [0.717, 1.165) is 12.8 Å². The van der Waals surface area contributed by atoms with Crippen molar-refractivity contribution in [2.24, 2.45) is 0 Å². The summed E-state index contributed by atoms with van der Waals surface area (Å²) in [5.74, 6) is -0.336. The molecule has 0 aromatic heterocycles. The van der Waals surface area contributed by atoms with Crippen LogP contribution in [0.1, 0.15) is 30.1 Å². The standard InChI is InChI=1S/C14H19N3O4/c1-14(6-3-7-21-14)9-16-13(18)10-4-5-11(15-2)12(8-10)17(19)20/h4-5,8,15H,3,6-7,9H2,1-2H3,(H,16,18). The Hall–Kier alpha value is -2.15. The second-order valence-electron chi connectivity index (χ2n) is 5.32. The van der Waals surface area contributed by atoms with Gasteiger partial charge in [-0.15, -0.1) is 0 Å². The molecule has 7 nitrogen and oxygen atoms in total. The van der Waals surface area contributed by atoms with Gasteiger partial charge < -0.3 is 15.4 Å². The van der Waals surface area contributed by atoms with Crippen molar-refractivity contribution in [2.75, 3.05) is 25.5 Å². The number of nitrogens with zero attached hydrogens (tertiary/aromatic N) is 1. The van der Waals surface area contributed by atoms with Crippen LogP contribution in [0.3, 0.4) is 0 Å². The van der Waals surface area contributed by atoms with E-state index in [1.165, 1.54) is 12.1 Å². The van der Waals surface area contributed by atoms with Gasteiger partial charge in [0.1, 0.15) is 5.69 Å². The van der Waals surface area contributed by atoms with Gasteiger partial charge in [-0.1, -0.05) is 0 Å². The number of rotatable bonds is 5. The average molecular weight is 293 g/mol. The van der Waals surface area contributed by atoms with Crippen molar-refractivity contribution in [1.82, 2.24) is 5.32 Å². The predicted octanol–water partition coefficient (Wildman–Crippen LogP) is 1.94. The third-order valence-electron chi connectivity index (χ3n) is 3.65. The Labute approximate surface area is 122 Å². The van der Waals surface area contributed by atoms with E-state index in [4.69, 9.17) is 4.74 Å². The summed E-state index contributed by atoms with van der Waals surface area (Å²) >= 11 is 0. The van der Waals surface area contributed by atoms with Crippen molar-refractivity contribution in [3.05, 3.63) is 33.9 Å². The zero-order chi connectivity index (χ0) is 15.5. The highest BCUT2D eigenvalue weighted by Gasteiger charge is 2.30. The lowest BCUT2D eigenvalue weighted by Gasteiger charge is -2.23. The van der Waals surface area contributed by atoms with Gasteiger partial charge in [-0.3, -0.25) is 14.9 Å². The minimum atomic E-state index is -0.510. The van der Waals surface area contributed by atoms with Crippen molar-refractivity contribution in [3.63, 3.8) is 0 Å². The van der Waals surface area contributed by atoms with E-state index in [2.05, 4.69) is 10.6 Å². The second kappa shape index (κ2) is 6.09. The van der Waals surface area contributed by atoms with Crippen LogP contribution in [0.4, 0.5) is 11.4 Å². The van der Waals surface area contributed by atoms with E-state index in [1.54, 1.807) is 13.1 Å². The highest BCUT2D eigenvalue weighted by molar-refractivity contribution is 5.95. The van der Waals surface area contributed by atoms with Gasteiger partial charge in [-0.05, 0) is 31.9 Å². The number of hydrogen-bond acceptors (Lipinski definition) is 5. The van der Waals surface area contributed by atoms with Gasteiger partial charge in [0.25, 0.3) is 11.6 Å². The minimum absolute atomic E-state index is 0.117. The fourth-order valence-corrected chi connectivity index (χ4v) is 2.38. The van der Waals surface area contributed by atoms with Crippen molar-refractivity contribution in [2.45, 2.75) is 25.4 Å². The summed E-state index contributed by atoms with van der Waals surface area (Å²) in [6, 6.07) is 4.37. The molecule has 2 rings (SSSR count). The number of nitro groups is 1. The topological polar surface area (TPSA) is 93.5 Å². The third-order valence-corrected chi connectivity index (χ3v) is 3.65. The summed E-state index contributed by atoms with van der Waals surface area (Å²) in [4.78, 5) is 22.6. The van der Waals surface area contributed by atoms with Crippen LogP contribution in [0.15, 0.2) is 18.2 Å². The summed E-state index contributed by atoms with van der Waals surface area (Å²) in [6.07, 6.45) is 1.88. The smallest absolute Gasteiger partial charge is 0.293 e. The largest absolute Gasteiger partial charge is 0.383 e. The Bertz CT molecular complexity index is 553. The molecule has 114 valence electrons. The molecule has 2 N–H and O–H groups in total. The zero-order valence-corrected chi connectivity index (χ0v) is 12.1. The number of carbonyl (C=O) groups is 1. The number of anilines is 1. The molecule has 0 aliphatic carbocycles. The molecule has 1 atom stereocenters. The van der Waals surface area contributed by atoms with Gasteiger partial charge in [-0.2, -0.15) is 0 Å². The van der Waals surface area contributed by atoms with Crippen LogP contribution >= 0.6 is 0 Å². The van der Waals surface area contributed by atoms with E-state index in [0.29, 0.717) is 18.8 Å². The van der Waals surface area contributed by atoms with Gasteiger partial charge in [0, 0.05) is 31.8 Å². The molecule has 0 spiro atoms. The first kappa shape index (κ1) is 15.2. The maximum absolute atomic E-state index is 12.1. The molecule has 1 aliphatic rings.